The molecule has 0 aromatic carbocycles. The van der Waals surface area contributed by atoms with Crippen molar-refractivity contribution < 1.29 is 12.3 Å². The molecule has 2 nitrogen and oxygen atoms in total. The van der Waals surface area contributed by atoms with Crippen molar-refractivity contribution in [1.82, 2.24) is 0 Å². The van der Waals surface area contributed by atoms with Gasteiger partial charge in [-0.2, -0.15) is 8.42 Å². The lowest BCUT2D eigenvalue weighted by molar-refractivity contribution is 0.480. The standard InChI is InChI=1S/C7H13FO2S/c1-6(7-2-3-7)4-5-11(8,9)10/h6-7H,2-5H2,1H3. The molecule has 1 unspecified atom stereocenters. The summed E-state index contributed by atoms with van der Waals surface area (Å²) in [6.07, 6.45) is 2.85. The minimum absolute atomic E-state index is 0.301. The van der Waals surface area contributed by atoms with Gasteiger partial charge >= 0.3 is 10.2 Å². The van der Waals surface area contributed by atoms with Gasteiger partial charge in [0.15, 0.2) is 0 Å². The Balaban J connectivity index is 2.21. The summed E-state index contributed by atoms with van der Waals surface area (Å²) >= 11 is 0. The maximum Gasteiger partial charge on any atom is 0.302 e. The van der Waals surface area contributed by atoms with Crippen molar-refractivity contribution in [1.29, 1.82) is 0 Å². The van der Waals surface area contributed by atoms with Gasteiger partial charge < -0.3 is 0 Å². The van der Waals surface area contributed by atoms with Crippen molar-refractivity contribution in [2.24, 2.45) is 11.8 Å². The summed E-state index contributed by atoms with van der Waals surface area (Å²) in [4.78, 5) is 0. The van der Waals surface area contributed by atoms with Gasteiger partial charge in [-0.1, -0.05) is 6.92 Å². The van der Waals surface area contributed by atoms with Gasteiger partial charge in [0.25, 0.3) is 0 Å². The Labute approximate surface area is 67.0 Å². The first-order valence-electron chi connectivity index (χ1n) is 3.91. The van der Waals surface area contributed by atoms with Crippen LogP contribution < -0.4 is 0 Å². The van der Waals surface area contributed by atoms with Crippen molar-refractivity contribution in [3.8, 4) is 0 Å². The van der Waals surface area contributed by atoms with Crippen molar-refractivity contribution >= 4 is 10.2 Å². The van der Waals surface area contributed by atoms with Crippen molar-refractivity contribution in [3.63, 3.8) is 0 Å². The molecule has 0 N–H and O–H groups in total. The van der Waals surface area contributed by atoms with Gasteiger partial charge in [0.2, 0.25) is 0 Å². The summed E-state index contributed by atoms with van der Waals surface area (Å²) in [5.41, 5.74) is 0. The summed E-state index contributed by atoms with van der Waals surface area (Å²) in [5.74, 6) is 0.738. The maximum absolute atomic E-state index is 12.0. The van der Waals surface area contributed by atoms with Crippen LogP contribution in [0.4, 0.5) is 3.89 Å². The van der Waals surface area contributed by atoms with E-state index < -0.39 is 10.2 Å². The Bertz CT molecular complexity index is 219. The minimum Gasteiger partial charge on any atom is -0.195 e. The Hall–Kier alpha value is -0.120. The van der Waals surface area contributed by atoms with E-state index >= 15 is 0 Å². The third kappa shape index (κ3) is 3.70. The second-order valence-electron chi connectivity index (χ2n) is 3.35. The van der Waals surface area contributed by atoms with E-state index in [1.165, 1.54) is 12.8 Å². The van der Waals surface area contributed by atoms with E-state index in [1.807, 2.05) is 6.92 Å². The molecular formula is C7H13FO2S. The molecule has 0 saturated heterocycles. The quantitative estimate of drug-likeness (QED) is 0.617. The molecule has 0 aliphatic heterocycles. The highest BCUT2D eigenvalue weighted by Crippen LogP contribution is 2.38. The Morgan fingerprint density at radius 3 is 2.45 bits per heavy atom. The topological polar surface area (TPSA) is 34.1 Å². The lowest BCUT2D eigenvalue weighted by Gasteiger charge is -2.05. The predicted molar refractivity (Wildman–Crippen MR) is 41.4 cm³/mol. The summed E-state index contributed by atoms with van der Waals surface area (Å²) < 4.78 is 32.2. The van der Waals surface area contributed by atoms with Crippen LogP contribution in [0.2, 0.25) is 0 Å². The first-order valence-corrected chi connectivity index (χ1v) is 5.46. The Kier molecular flexibility index (Phi) is 2.52. The van der Waals surface area contributed by atoms with Crippen LogP contribution in [0.3, 0.4) is 0 Å². The monoisotopic (exact) mass is 180 g/mol. The minimum atomic E-state index is -4.22. The van der Waals surface area contributed by atoms with Crippen LogP contribution in [-0.2, 0) is 10.2 Å². The normalized spacial score (nSPS) is 21.6. The molecule has 0 aromatic rings. The van der Waals surface area contributed by atoms with Gasteiger partial charge in [-0.25, -0.2) is 0 Å². The summed E-state index contributed by atoms with van der Waals surface area (Å²) in [6.45, 7) is 1.99. The number of hydrogen-bond donors (Lipinski definition) is 0. The van der Waals surface area contributed by atoms with E-state index in [9.17, 15) is 12.3 Å². The van der Waals surface area contributed by atoms with Crippen LogP contribution in [0, 0.1) is 11.8 Å². The zero-order valence-electron chi connectivity index (χ0n) is 6.59. The largest absolute Gasteiger partial charge is 0.302 e. The van der Waals surface area contributed by atoms with Gasteiger partial charge in [0, 0.05) is 0 Å². The van der Waals surface area contributed by atoms with E-state index in [4.69, 9.17) is 0 Å². The molecule has 11 heavy (non-hydrogen) atoms. The molecule has 1 saturated carbocycles. The summed E-state index contributed by atoms with van der Waals surface area (Å²) in [5, 5.41) is 0. The first-order chi connectivity index (χ1) is 4.99. The van der Waals surface area contributed by atoms with Crippen LogP contribution in [0.15, 0.2) is 0 Å². The summed E-state index contributed by atoms with van der Waals surface area (Å²) in [6, 6.07) is 0. The van der Waals surface area contributed by atoms with Crippen molar-refractivity contribution in [3.05, 3.63) is 0 Å². The molecule has 66 valence electrons. The number of rotatable bonds is 4. The molecule has 0 heterocycles. The fraction of sp³-hybridized carbons (Fsp3) is 1.00. The smallest absolute Gasteiger partial charge is 0.195 e. The van der Waals surface area contributed by atoms with Crippen molar-refractivity contribution in [2.45, 2.75) is 26.2 Å². The number of halogens is 1. The molecule has 1 fully saturated rings. The van der Waals surface area contributed by atoms with Gasteiger partial charge in [-0.15, -0.1) is 3.89 Å². The first kappa shape index (κ1) is 8.97. The van der Waals surface area contributed by atoms with Gasteiger partial charge in [-0.3, -0.25) is 0 Å². The lowest BCUT2D eigenvalue weighted by atomic mass is 10.0. The van der Waals surface area contributed by atoms with Gasteiger partial charge in [-0.05, 0) is 31.1 Å². The molecule has 4 heteroatoms. The molecule has 0 spiro atoms. The van der Waals surface area contributed by atoms with Crippen LogP contribution >= 0.6 is 0 Å². The molecule has 0 amide bonds. The average molecular weight is 180 g/mol. The van der Waals surface area contributed by atoms with E-state index in [0.29, 0.717) is 18.3 Å². The predicted octanol–water partition coefficient (Wildman–Crippen LogP) is 1.72. The third-order valence-corrected chi connectivity index (χ3v) is 2.97. The molecule has 1 atom stereocenters. The van der Waals surface area contributed by atoms with E-state index in [0.717, 1.165) is 0 Å². The van der Waals surface area contributed by atoms with E-state index in [2.05, 4.69) is 0 Å². The Morgan fingerprint density at radius 1 is 1.55 bits per heavy atom. The molecule has 0 aromatic heterocycles. The summed E-state index contributed by atoms with van der Waals surface area (Å²) in [7, 11) is -4.22. The molecule has 1 aliphatic carbocycles. The molecule has 0 radical (unpaired) electrons. The van der Waals surface area contributed by atoms with Crippen LogP contribution in [0.1, 0.15) is 26.2 Å². The van der Waals surface area contributed by atoms with Crippen LogP contribution in [0.25, 0.3) is 0 Å². The van der Waals surface area contributed by atoms with Gasteiger partial charge in [0.05, 0.1) is 5.75 Å². The lowest BCUT2D eigenvalue weighted by Crippen LogP contribution is -2.05. The highest BCUT2D eigenvalue weighted by Gasteiger charge is 2.28. The average Bonchev–Trinajstić information content (AvgIpc) is 2.61. The zero-order valence-corrected chi connectivity index (χ0v) is 7.40. The molecule has 1 rings (SSSR count). The Morgan fingerprint density at radius 2 is 2.09 bits per heavy atom. The second kappa shape index (κ2) is 3.09. The van der Waals surface area contributed by atoms with Crippen LogP contribution in [-0.4, -0.2) is 14.2 Å². The SMILES string of the molecule is CC(CCS(=O)(=O)F)C1CC1. The molecule has 1 aliphatic rings. The zero-order chi connectivity index (χ0) is 8.48. The fourth-order valence-corrected chi connectivity index (χ4v) is 1.88. The number of hydrogen-bond acceptors (Lipinski definition) is 2. The van der Waals surface area contributed by atoms with Gasteiger partial charge in [0.1, 0.15) is 0 Å². The highest BCUT2D eigenvalue weighted by molar-refractivity contribution is 7.86. The maximum atomic E-state index is 12.0. The van der Waals surface area contributed by atoms with Crippen LogP contribution in [0.5, 0.6) is 0 Å². The third-order valence-electron chi connectivity index (χ3n) is 2.24. The second-order valence-corrected chi connectivity index (χ2v) is 4.83. The molecular weight excluding hydrogens is 167 g/mol. The molecule has 0 bridgehead atoms. The fourth-order valence-electron chi connectivity index (χ4n) is 1.23. The van der Waals surface area contributed by atoms with E-state index in [-0.39, 0.29) is 5.75 Å². The highest BCUT2D eigenvalue weighted by atomic mass is 32.3. The van der Waals surface area contributed by atoms with E-state index in [1.54, 1.807) is 0 Å². The van der Waals surface area contributed by atoms with Crippen molar-refractivity contribution in [2.75, 3.05) is 5.75 Å².